The van der Waals surface area contributed by atoms with Gasteiger partial charge in [-0.25, -0.2) is 0 Å². The van der Waals surface area contributed by atoms with Crippen molar-refractivity contribution >= 4 is 0 Å². The van der Waals surface area contributed by atoms with Crippen molar-refractivity contribution < 1.29 is 9.47 Å². The summed E-state index contributed by atoms with van der Waals surface area (Å²) in [6.45, 7) is 9.83. The fourth-order valence-corrected chi connectivity index (χ4v) is 0.831. The Hall–Kier alpha value is -0.0800. The summed E-state index contributed by atoms with van der Waals surface area (Å²) in [5.41, 5.74) is 0. The molecule has 0 aliphatic rings. The van der Waals surface area contributed by atoms with Crippen molar-refractivity contribution in [1.29, 1.82) is 0 Å². The van der Waals surface area contributed by atoms with Crippen LogP contribution in [0.25, 0.3) is 0 Å². The van der Waals surface area contributed by atoms with Gasteiger partial charge in [0.25, 0.3) is 0 Å². The lowest BCUT2D eigenvalue weighted by Gasteiger charge is -2.20. The molecule has 2 nitrogen and oxygen atoms in total. The number of rotatable bonds is 7. The quantitative estimate of drug-likeness (QED) is 0.551. The van der Waals surface area contributed by atoms with Gasteiger partial charge in [-0.3, -0.25) is 0 Å². The number of hydrogen-bond donors (Lipinski definition) is 0. The van der Waals surface area contributed by atoms with Crippen molar-refractivity contribution in [3.8, 4) is 0 Å². The Kier molecular flexibility index (Phi) is 7.51. The van der Waals surface area contributed by atoms with E-state index in [0.29, 0.717) is 0 Å². The maximum atomic E-state index is 5.50. The van der Waals surface area contributed by atoms with E-state index in [0.717, 1.165) is 26.1 Å². The molecule has 0 aliphatic heterocycles. The molecule has 0 rings (SSSR count). The summed E-state index contributed by atoms with van der Waals surface area (Å²) in [7, 11) is 0. The van der Waals surface area contributed by atoms with Crippen molar-refractivity contribution in [3.05, 3.63) is 5.92 Å². The summed E-state index contributed by atoms with van der Waals surface area (Å²) in [5, 5.41) is 0. The average Bonchev–Trinajstić information content (AvgIpc) is 2.04. The van der Waals surface area contributed by atoms with Crippen LogP contribution in [0.3, 0.4) is 0 Å². The van der Waals surface area contributed by atoms with Gasteiger partial charge in [0.2, 0.25) is 0 Å². The van der Waals surface area contributed by atoms with Gasteiger partial charge in [0, 0.05) is 19.1 Å². The first-order valence-corrected chi connectivity index (χ1v) is 4.75. The third-order valence-corrected chi connectivity index (χ3v) is 1.42. The molecule has 0 saturated carbocycles. The molecule has 0 aliphatic carbocycles. The van der Waals surface area contributed by atoms with Crippen molar-refractivity contribution in [1.82, 2.24) is 0 Å². The van der Waals surface area contributed by atoms with Crippen molar-refractivity contribution in [2.75, 3.05) is 13.2 Å². The number of ether oxygens (including phenoxy) is 2. The van der Waals surface area contributed by atoms with Gasteiger partial charge in [-0.15, -0.1) is 0 Å². The fourth-order valence-electron chi connectivity index (χ4n) is 0.831. The van der Waals surface area contributed by atoms with Crippen LogP contribution in [0.4, 0.5) is 0 Å². The van der Waals surface area contributed by atoms with E-state index >= 15 is 0 Å². The van der Waals surface area contributed by atoms with Crippen LogP contribution < -0.4 is 0 Å². The monoisotopic (exact) mass is 173 g/mol. The zero-order chi connectivity index (χ0) is 9.40. The van der Waals surface area contributed by atoms with E-state index in [2.05, 4.69) is 13.8 Å². The third-order valence-electron chi connectivity index (χ3n) is 1.42. The predicted octanol–water partition coefficient (Wildman–Crippen LogP) is 2.78. The van der Waals surface area contributed by atoms with Gasteiger partial charge >= 0.3 is 0 Å². The average molecular weight is 173 g/mol. The van der Waals surface area contributed by atoms with E-state index < -0.39 is 0 Å². The van der Waals surface area contributed by atoms with Crippen molar-refractivity contribution in [3.63, 3.8) is 0 Å². The van der Waals surface area contributed by atoms with Crippen molar-refractivity contribution in [2.24, 2.45) is 0 Å². The topological polar surface area (TPSA) is 18.5 Å². The molecule has 1 radical (unpaired) electrons. The Morgan fingerprint density at radius 2 is 1.42 bits per heavy atom. The Morgan fingerprint density at radius 1 is 1.00 bits per heavy atom. The third kappa shape index (κ3) is 5.56. The van der Waals surface area contributed by atoms with E-state index in [9.17, 15) is 0 Å². The highest BCUT2D eigenvalue weighted by molar-refractivity contribution is 4.81. The van der Waals surface area contributed by atoms with Crippen LogP contribution in [-0.2, 0) is 9.47 Å². The molecule has 0 unspecified atom stereocenters. The lowest BCUT2D eigenvalue weighted by molar-refractivity contribution is -0.130. The summed E-state index contributed by atoms with van der Waals surface area (Å²) in [6, 6.07) is 0. The van der Waals surface area contributed by atoms with Crippen LogP contribution in [-0.4, -0.2) is 19.5 Å². The maximum Gasteiger partial charge on any atom is 0.163 e. The second kappa shape index (κ2) is 7.56. The highest BCUT2D eigenvalue weighted by Gasteiger charge is 2.13. The minimum atomic E-state index is -0.0927. The maximum absolute atomic E-state index is 5.50. The van der Waals surface area contributed by atoms with Crippen LogP contribution in [0.1, 0.15) is 40.5 Å². The second-order valence-corrected chi connectivity index (χ2v) is 3.15. The van der Waals surface area contributed by atoms with Gasteiger partial charge in [-0.1, -0.05) is 27.7 Å². The zero-order valence-corrected chi connectivity index (χ0v) is 8.72. The van der Waals surface area contributed by atoms with E-state index in [1.165, 1.54) is 5.92 Å². The molecular weight excluding hydrogens is 152 g/mol. The highest BCUT2D eigenvalue weighted by Crippen LogP contribution is 2.10. The molecule has 12 heavy (non-hydrogen) atoms. The minimum Gasteiger partial charge on any atom is -0.352 e. The molecule has 0 aromatic carbocycles. The standard InChI is InChI=1S/C10H21O2/c1-5-7-11-10(9(3)4)12-8-6-2/h10H,5-8H2,1-4H3. The van der Waals surface area contributed by atoms with Gasteiger partial charge < -0.3 is 9.47 Å². The lowest BCUT2D eigenvalue weighted by atomic mass is 10.2. The molecule has 0 spiro atoms. The predicted molar refractivity (Wildman–Crippen MR) is 50.9 cm³/mol. The second-order valence-electron chi connectivity index (χ2n) is 3.15. The Balaban J connectivity index is 3.55. The molecule has 0 fully saturated rings. The molecular formula is C10H21O2. The van der Waals surface area contributed by atoms with Crippen LogP contribution in [0.2, 0.25) is 0 Å². The van der Waals surface area contributed by atoms with Gasteiger partial charge in [0.1, 0.15) is 0 Å². The van der Waals surface area contributed by atoms with E-state index in [1.54, 1.807) is 0 Å². The van der Waals surface area contributed by atoms with Crippen LogP contribution in [0.5, 0.6) is 0 Å². The fraction of sp³-hybridized carbons (Fsp3) is 0.900. The summed E-state index contributed by atoms with van der Waals surface area (Å²) in [4.78, 5) is 0. The largest absolute Gasteiger partial charge is 0.352 e. The van der Waals surface area contributed by atoms with Gasteiger partial charge in [0.15, 0.2) is 6.29 Å². The Bertz CT molecular complexity index is 83.8. The first kappa shape index (κ1) is 11.9. The molecule has 0 bridgehead atoms. The molecule has 0 N–H and O–H groups in total. The molecule has 0 aromatic rings. The summed E-state index contributed by atoms with van der Waals surface area (Å²) < 4.78 is 11.0. The molecule has 2 heteroatoms. The van der Waals surface area contributed by atoms with Crippen LogP contribution in [0.15, 0.2) is 0 Å². The molecule has 0 saturated heterocycles. The summed E-state index contributed by atoms with van der Waals surface area (Å²) in [5.74, 6) is 1.19. The summed E-state index contributed by atoms with van der Waals surface area (Å²) >= 11 is 0. The molecule has 0 heterocycles. The SMILES string of the molecule is CCCOC(OCCC)[C](C)C. The lowest BCUT2D eigenvalue weighted by Crippen LogP contribution is -2.22. The zero-order valence-electron chi connectivity index (χ0n) is 8.72. The molecule has 0 amide bonds. The molecule has 0 aromatic heterocycles. The van der Waals surface area contributed by atoms with E-state index in [1.807, 2.05) is 13.8 Å². The number of hydrogen-bond acceptors (Lipinski definition) is 2. The minimum absolute atomic E-state index is 0.0927. The first-order valence-electron chi connectivity index (χ1n) is 4.75. The van der Waals surface area contributed by atoms with Gasteiger partial charge in [0.05, 0.1) is 0 Å². The van der Waals surface area contributed by atoms with E-state index in [-0.39, 0.29) is 6.29 Å². The Labute approximate surface area is 76.3 Å². The van der Waals surface area contributed by atoms with Crippen molar-refractivity contribution in [2.45, 2.75) is 46.8 Å². The van der Waals surface area contributed by atoms with E-state index in [4.69, 9.17) is 9.47 Å². The Morgan fingerprint density at radius 3 is 1.67 bits per heavy atom. The highest BCUT2D eigenvalue weighted by atomic mass is 16.7. The smallest absolute Gasteiger partial charge is 0.163 e. The van der Waals surface area contributed by atoms with Gasteiger partial charge in [-0.2, -0.15) is 0 Å². The van der Waals surface area contributed by atoms with Crippen LogP contribution in [0, 0.1) is 5.92 Å². The normalized spacial score (nSPS) is 11.5. The van der Waals surface area contributed by atoms with Gasteiger partial charge in [-0.05, 0) is 12.8 Å². The first-order chi connectivity index (χ1) is 5.72. The van der Waals surface area contributed by atoms with Crippen LogP contribution >= 0.6 is 0 Å². The molecule has 0 atom stereocenters. The molecule has 73 valence electrons. The summed E-state index contributed by atoms with van der Waals surface area (Å²) in [6.07, 6.45) is 1.99.